The molecule has 0 bridgehead atoms. The van der Waals surface area contributed by atoms with Gasteiger partial charge in [0.2, 0.25) is 0 Å². The van der Waals surface area contributed by atoms with Crippen LogP contribution in [0.4, 0.5) is 14.5 Å². The van der Waals surface area contributed by atoms with E-state index in [0.717, 1.165) is 12.1 Å². The van der Waals surface area contributed by atoms with Gasteiger partial charge >= 0.3 is 0 Å². The van der Waals surface area contributed by atoms with Crippen molar-refractivity contribution in [1.82, 2.24) is 9.78 Å². The molecule has 0 aromatic carbocycles. The second-order valence-electron chi connectivity index (χ2n) is 4.50. The number of halogens is 2. The van der Waals surface area contributed by atoms with Gasteiger partial charge in [0.05, 0.1) is 11.9 Å². The molecule has 1 aliphatic rings. The third-order valence-electron chi connectivity index (χ3n) is 3.17. The van der Waals surface area contributed by atoms with Gasteiger partial charge in [0.1, 0.15) is 6.54 Å². The van der Waals surface area contributed by atoms with E-state index in [0.29, 0.717) is 12.0 Å². The van der Waals surface area contributed by atoms with Crippen molar-refractivity contribution >= 4 is 5.69 Å². The minimum absolute atomic E-state index is 0.331. The maximum Gasteiger partial charge on any atom is 0.257 e. The zero-order chi connectivity index (χ0) is 11.5. The lowest BCUT2D eigenvalue weighted by molar-refractivity contribution is 0.122. The first kappa shape index (κ1) is 11.4. The lowest BCUT2D eigenvalue weighted by Gasteiger charge is -2.16. The Bertz CT molecular complexity index is 338. The highest BCUT2D eigenvalue weighted by molar-refractivity contribution is 5.39. The molecule has 2 rings (SSSR count). The topological polar surface area (TPSA) is 29.9 Å². The summed E-state index contributed by atoms with van der Waals surface area (Å²) in [6, 6.07) is 0.462. The largest absolute Gasteiger partial charge is 0.380 e. The van der Waals surface area contributed by atoms with Gasteiger partial charge in [-0.3, -0.25) is 4.68 Å². The Morgan fingerprint density at radius 2 is 2.38 bits per heavy atom. The fraction of sp³-hybridized carbons (Fsp3) is 0.727. The van der Waals surface area contributed by atoms with Gasteiger partial charge in [-0.1, -0.05) is 13.3 Å². The van der Waals surface area contributed by atoms with Gasteiger partial charge in [-0.2, -0.15) is 5.10 Å². The van der Waals surface area contributed by atoms with Crippen LogP contribution in [-0.4, -0.2) is 22.2 Å². The molecule has 0 aliphatic heterocycles. The average molecular weight is 229 g/mol. The lowest BCUT2D eigenvalue weighted by Crippen LogP contribution is -2.21. The van der Waals surface area contributed by atoms with Crippen molar-refractivity contribution in [2.24, 2.45) is 5.92 Å². The molecule has 0 radical (unpaired) electrons. The zero-order valence-corrected chi connectivity index (χ0v) is 9.37. The van der Waals surface area contributed by atoms with Gasteiger partial charge in [-0.05, 0) is 18.8 Å². The van der Waals surface area contributed by atoms with Crippen LogP contribution in [0.15, 0.2) is 12.4 Å². The van der Waals surface area contributed by atoms with Crippen molar-refractivity contribution < 1.29 is 8.78 Å². The van der Waals surface area contributed by atoms with Crippen molar-refractivity contribution in [1.29, 1.82) is 0 Å². The summed E-state index contributed by atoms with van der Waals surface area (Å²) in [6.45, 7) is 1.89. The number of nitrogens with one attached hydrogen (secondary N) is 1. The van der Waals surface area contributed by atoms with Crippen LogP contribution in [0.25, 0.3) is 0 Å². The third kappa shape index (κ3) is 2.71. The Kier molecular flexibility index (Phi) is 3.41. The second-order valence-corrected chi connectivity index (χ2v) is 4.50. The molecule has 2 atom stereocenters. The molecule has 5 heteroatoms. The van der Waals surface area contributed by atoms with Gasteiger partial charge < -0.3 is 5.32 Å². The number of rotatable bonds is 4. The van der Waals surface area contributed by atoms with Gasteiger partial charge in [0.25, 0.3) is 6.43 Å². The summed E-state index contributed by atoms with van der Waals surface area (Å²) in [7, 11) is 0. The number of hydrogen-bond acceptors (Lipinski definition) is 2. The summed E-state index contributed by atoms with van der Waals surface area (Å²) < 4.78 is 25.5. The van der Waals surface area contributed by atoms with Crippen molar-refractivity contribution in [3.05, 3.63) is 12.4 Å². The summed E-state index contributed by atoms with van der Waals surface area (Å²) >= 11 is 0. The van der Waals surface area contributed by atoms with Crippen LogP contribution in [0.1, 0.15) is 26.2 Å². The summed E-state index contributed by atoms with van der Waals surface area (Å²) in [5.41, 5.74) is 0.847. The normalized spacial score (nSPS) is 25.2. The first-order valence-electron chi connectivity index (χ1n) is 5.72. The van der Waals surface area contributed by atoms with Crippen LogP contribution >= 0.6 is 0 Å². The fourth-order valence-corrected chi connectivity index (χ4v) is 2.25. The maximum absolute atomic E-state index is 12.1. The third-order valence-corrected chi connectivity index (χ3v) is 3.17. The molecule has 0 spiro atoms. The first-order chi connectivity index (χ1) is 7.65. The van der Waals surface area contributed by atoms with E-state index in [-0.39, 0.29) is 6.54 Å². The summed E-state index contributed by atoms with van der Waals surface area (Å²) in [5.74, 6) is 0.651. The predicted molar refractivity (Wildman–Crippen MR) is 58.7 cm³/mol. The molecule has 90 valence electrons. The van der Waals surface area contributed by atoms with Crippen molar-refractivity contribution in [3.8, 4) is 0 Å². The Balaban J connectivity index is 1.92. The first-order valence-corrected chi connectivity index (χ1v) is 5.72. The number of hydrogen-bond donors (Lipinski definition) is 1. The van der Waals surface area contributed by atoms with Crippen LogP contribution in [0, 0.1) is 5.92 Å². The SMILES string of the molecule is CC1CCCC1Nc1cnn(CC(F)F)c1. The maximum atomic E-state index is 12.1. The summed E-state index contributed by atoms with van der Waals surface area (Å²) in [4.78, 5) is 0. The predicted octanol–water partition coefficient (Wildman–Crippen LogP) is 2.75. The lowest BCUT2D eigenvalue weighted by atomic mass is 10.1. The number of anilines is 1. The molecule has 2 unspecified atom stereocenters. The highest BCUT2D eigenvalue weighted by Gasteiger charge is 2.23. The molecule has 0 amide bonds. The highest BCUT2D eigenvalue weighted by atomic mass is 19.3. The van der Waals surface area contributed by atoms with Crippen LogP contribution in [0.5, 0.6) is 0 Å². The molecule has 1 aromatic heterocycles. The minimum Gasteiger partial charge on any atom is -0.380 e. The monoisotopic (exact) mass is 229 g/mol. The van der Waals surface area contributed by atoms with E-state index in [1.165, 1.54) is 17.5 Å². The number of alkyl halides is 2. The second kappa shape index (κ2) is 4.80. The molecule has 1 aromatic rings. The summed E-state index contributed by atoms with van der Waals surface area (Å²) in [6.07, 6.45) is 4.55. The molecule has 0 saturated heterocycles. The van der Waals surface area contributed by atoms with E-state index in [2.05, 4.69) is 17.3 Å². The molecule has 1 saturated carbocycles. The van der Waals surface area contributed by atoms with Crippen LogP contribution < -0.4 is 5.32 Å². The van der Waals surface area contributed by atoms with Gasteiger partial charge in [-0.25, -0.2) is 8.78 Å². The van der Waals surface area contributed by atoms with E-state index in [9.17, 15) is 8.78 Å². The van der Waals surface area contributed by atoms with E-state index in [1.807, 2.05) is 0 Å². The van der Waals surface area contributed by atoms with E-state index < -0.39 is 6.43 Å². The Hall–Kier alpha value is -1.13. The average Bonchev–Trinajstić information content (AvgIpc) is 2.77. The van der Waals surface area contributed by atoms with Gasteiger partial charge in [0, 0.05) is 12.2 Å². The van der Waals surface area contributed by atoms with Gasteiger partial charge in [-0.15, -0.1) is 0 Å². The van der Waals surface area contributed by atoms with E-state index in [4.69, 9.17) is 0 Å². The molecule has 1 heterocycles. The Morgan fingerprint density at radius 1 is 1.56 bits per heavy atom. The van der Waals surface area contributed by atoms with Crippen LogP contribution in [0.2, 0.25) is 0 Å². The molecule has 16 heavy (non-hydrogen) atoms. The molecular formula is C11H17F2N3. The smallest absolute Gasteiger partial charge is 0.257 e. The standard InChI is InChI=1S/C11H17F2N3/c1-8-3-2-4-10(8)15-9-5-14-16(6-9)7-11(12)13/h5-6,8,10-11,15H,2-4,7H2,1H3. The van der Waals surface area contributed by atoms with Gasteiger partial charge in [0.15, 0.2) is 0 Å². The van der Waals surface area contributed by atoms with Crippen molar-refractivity contribution in [3.63, 3.8) is 0 Å². The molecule has 1 fully saturated rings. The molecular weight excluding hydrogens is 212 g/mol. The molecule has 1 N–H and O–H groups in total. The minimum atomic E-state index is -2.35. The Morgan fingerprint density at radius 3 is 3.00 bits per heavy atom. The molecule has 1 aliphatic carbocycles. The number of aromatic nitrogens is 2. The van der Waals surface area contributed by atoms with Crippen molar-refractivity contribution in [2.75, 3.05) is 5.32 Å². The quantitative estimate of drug-likeness (QED) is 0.860. The summed E-state index contributed by atoms with van der Waals surface area (Å²) in [5, 5.41) is 7.25. The van der Waals surface area contributed by atoms with Crippen LogP contribution in [0.3, 0.4) is 0 Å². The fourth-order valence-electron chi connectivity index (χ4n) is 2.25. The van der Waals surface area contributed by atoms with Crippen LogP contribution in [-0.2, 0) is 6.54 Å². The highest BCUT2D eigenvalue weighted by Crippen LogP contribution is 2.27. The van der Waals surface area contributed by atoms with E-state index >= 15 is 0 Å². The molecule has 3 nitrogen and oxygen atoms in total. The van der Waals surface area contributed by atoms with E-state index in [1.54, 1.807) is 12.4 Å². The Labute approximate surface area is 93.8 Å². The van der Waals surface area contributed by atoms with Crippen molar-refractivity contribution in [2.45, 2.75) is 45.2 Å². The number of nitrogens with zero attached hydrogens (tertiary/aromatic N) is 2. The zero-order valence-electron chi connectivity index (χ0n) is 9.37.